The predicted octanol–water partition coefficient (Wildman–Crippen LogP) is 2.77. The van der Waals surface area contributed by atoms with Gasteiger partial charge in [-0.1, -0.05) is 12.1 Å². The van der Waals surface area contributed by atoms with Crippen molar-refractivity contribution in [1.29, 1.82) is 0 Å². The molecule has 7 nitrogen and oxygen atoms in total. The SMILES string of the molecule is CCC(=O)Nc1ccc(N[C@@H](C)C(=O)Nc2cc(C)no2)cc1. The summed E-state index contributed by atoms with van der Waals surface area (Å²) in [6.45, 7) is 5.31. The first-order chi connectivity index (χ1) is 11.0. The van der Waals surface area contributed by atoms with E-state index in [0.717, 1.165) is 11.4 Å². The normalized spacial score (nSPS) is 11.6. The molecular formula is C16H20N4O3. The number of nitrogens with one attached hydrogen (secondary N) is 3. The number of hydrogen-bond acceptors (Lipinski definition) is 5. The molecule has 0 saturated heterocycles. The third kappa shape index (κ3) is 4.84. The topological polar surface area (TPSA) is 96.3 Å². The van der Waals surface area contributed by atoms with E-state index >= 15 is 0 Å². The van der Waals surface area contributed by atoms with Gasteiger partial charge in [0.1, 0.15) is 6.04 Å². The zero-order chi connectivity index (χ0) is 16.8. The summed E-state index contributed by atoms with van der Waals surface area (Å²) in [5.41, 5.74) is 2.19. The third-order valence-electron chi connectivity index (χ3n) is 3.14. The molecule has 2 aromatic rings. The lowest BCUT2D eigenvalue weighted by molar-refractivity contribution is -0.117. The molecule has 1 aromatic heterocycles. The summed E-state index contributed by atoms with van der Waals surface area (Å²) < 4.78 is 4.95. The molecule has 3 N–H and O–H groups in total. The van der Waals surface area contributed by atoms with Crippen LogP contribution in [0.25, 0.3) is 0 Å². The Morgan fingerprint density at radius 2 is 1.83 bits per heavy atom. The van der Waals surface area contributed by atoms with E-state index in [9.17, 15) is 9.59 Å². The fourth-order valence-electron chi connectivity index (χ4n) is 1.87. The van der Waals surface area contributed by atoms with Crippen molar-refractivity contribution in [1.82, 2.24) is 5.16 Å². The van der Waals surface area contributed by atoms with Crippen molar-refractivity contribution in [2.45, 2.75) is 33.2 Å². The summed E-state index contributed by atoms with van der Waals surface area (Å²) in [4.78, 5) is 23.4. The van der Waals surface area contributed by atoms with E-state index in [2.05, 4.69) is 21.1 Å². The summed E-state index contributed by atoms with van der Waals surface area (Å²) in [6.07, 6.45) is 0.429. The minimum absolute atomic E-state index is 0.0409. The number of carbonyl (C=O) groups excluding carboxylic acids is 2. The maximum atomic E-state index is 12.1. The number of carbonyl (C=O) groups is 2. The molecule has 23 heavy (non-hydrogen) atoms. The van der Waals surface area contributed by atoms with Crippen molar-refractivity contribution in [3.8, 4) is 0 Å². The highest BCUT2D eigenvalue weighted by Gasteiger charge is 2.14. The molecule has 0 aliphatic rings. The number of aryl methyl sites for hydroxylation is 1. The van der Waals surface area contributed by atoms with E-state index in [4.69, 9.17) is 4.52 Å². The van der Waals surface area contributed by atoms with E-state index in [1.54, 1.807) is 51.1 Å². The second-order valence-corrected chi connectivity index (χ2v) is 5.17. The fraction of sp³-hybridized carbons (Fsp3) is 0.312. The number of rotatable bonds is 6. The Morgan fingerprint density at radius 3 is 2.39 bits per heavy atom. The van der Waals surface area contributed by atoms with Gasteiger partial charge >= 0.3 is 0 Å². The van der Waals surface area contributed by atoms with Gasteiger partial charge in [-0.2, -0.15) is 0 Å². The van der Waals surface area contributed by atoms with Crippen LogP contribution in [0.2, 0.25) is 0 Å². The smallest absolute Gasteiger partial charge is 0.248 e. The van der Waals surface area contributed by atoms with Gasteiger partial charge in [0.2, 0.25) is 17.7 Å². The molecule has 0 saturated carbocycles. The van der Waals surface area contributed by atoms with Crippen molar-refractivity contribution in [2.75, 3.05) is 16.0 Å². The van der Waals surface area contributed by atoms with Crippen LogP contribution >= 0.6 is 0 Å². The van der Waals surface area contributed by atoms with Crippen LogP contribution < -0.4 is 16.0 Å². The highest BCUT2D eigenvalue weighted by molar-refractivity contribution is 5.95. The average Bonchev–Trinajstić information content (AvgIpc) is 2.94. The van der Waals surface area contributed by atoms with Crippen LogP contribution in [-0.2, 0) is 9.59 Å². The van der Waals surface area contributed by atoms with E-state index in [1.165, 1.54) is 0 Å². The molecule has 0 radical (unpaired) electrons. The number of benzene rings is 1. The summed E-state index contributed by atoms with van der Waals surface area (Å²) >= 11 is 0. The highest BCUT2D eigenvalue weighted by atomic mass is 16.5. The molecule has 1 heterocycles. The molecule has 1 aromatic carbocycles. The molecule has 2 rings (SSSR count). The Morgan fingerprint density at radius 1 is 1.17 bits per heavy atom. The first-order valence-corrected chi connectivity index (χ1v) is 7.38. The van der Waals surface area contributed by atoms with Gasteiger partial charge in [-0.15, -0.1) is 0 Å². The zero-order valence-corrected chi connectivity index (χ0v) is 13.3. The first-order valence-electron chi connectivity index (χ1n) is 7.38. The Balaban J connectivity index is 1.90. The Labute approximate surface area is 134 Å². The molecule has 0 bridgehead atoms. The summed E-state index contributed by atoms with van der Waals surface area (Å²) in [7, 11) is 0. The maximum Gasteiger partial charge on any atom is 0.248 e. The van der Waals surface area contributed by atoms with Gasteiger partial charge in [0.05, 0.1) is 5.69 Å². The number of hydrogen-bond donors (Lipinski definition) is 3. The predicted molar refractivity (Wildman–Crippen MR) is 88.3 cm³/mol. The molecule has 0 unspecified atom stereocenters. The first kappa shape index (κ1) is 16.5. The molecule has 7 heteroatoms. The average molecular weight is 316 g/mol. The summed E-state index contributed by atoms with van der Waals surface area (Å²) in [6, 6.07) is 8.34. The van der Waals surface area contributed by atoms with Gasteiger partial charge in [0.25, 0.3) is 0 Å². The number of aromatic nitrogens is 1. The van der Waals surface area contributed by atoms with Crippen LogP contribution in [0.4, 0.5) is 17.3 Å². The summed E-state index contributed by atoms with van der Waals surface area (Å²) in [5.74, 6) is 0.0455. The van der Waals surface area contributed by atoms with E-state index in [0.29, 0.717) is 18.0 Å². The van der Waals surface area contributed by atoms with Crippen molar-refractivity contribution in [3.05, 3.63) is 36.0 Å². The molecule has 0 spiro atoms. The molecular weight excluding hydrogens is 296 g/mol. The lowest BCUT2D eigenvalue weighted by atomic mass is 10.2. The van der Waals surface area contributed by atoms with Crippen molar-refractivity contribution in [3.63, 3.8) is 0 Å². The zero-order valence-electron chi connectivity index (χ0n) is 13.3. The maximum absolute atomic E-state index is 12.1. The second-order valence-electron chi connectivity index (χ2n) is 5.17. The Bertz CT molecular complexity index is 679. The lowest BCUT2D eigenvalue weighted by Gasteiger charge is -2.14. The highest BCUT2D eigenvalue weighted by Crippen LogP contribution is 2.15. The van der Waals surface area contributed by atoms with Gasteiger partial charge in [-0.25, -0.2) is 0 Å². The molecule has 2 amide bonds. The van der Waals surface area contributed by atoms with Crippen molar-refractivity contribution in [2.24, 2.45) is 0 Å². The Kier molecular flexibility index (Phi) is 5.35. The van der Waals surface area contributed by atoms with Crippen LogP contribution in [-0.4, -0.2) is 23.0 Å². The minimum atomic E-state index is -0.462. The quantitative estimate of drug-likeness (QED) is 0.761. The summed E-state index contributed by atoms with van der Waals surface area (Å²) in [5, 5.41) is 12.2. The molecule has 0 aliphatic carbocycles. The molecule has 122 valence electrons. The number of amides is 2. The minimum Gasteiger partial charge on any atom is -0.374 e. The van der Waals surface area contributed by atoms with Gasteiger partial charge in [0, 0.05) is 23.9 Å². The standard InChI is InChI=1S/C16H20N4O3/c1-4-14(21)18-13-7-5-12(6-8-13)17-11(3)16(22)19-15-9-10(2)20-23-15/h5-9,11,17H,4H2,1-3H3,(H,18,21)(H,19,22)/t11-/m0/s1. The molecule has 1 atom stereocenters. The number of nitrogens with zero attached hydrogens (tertiary/aromatic N) is 1. The lowest BCUT2D eigenvalue weighted by Crippen LogP contribution is -2.31. The largest absolute Gasteiger partial charge is 0.374 e. The van der Waals surface area contributed by atoms with Crippen molar-refractivity contribution >= 4 is 29.1 Å². The van der Waals surface area contributed by atoms with Crippen LogP contribution in [0.5, 0.6) is 0 Å². The van der Waals surface area contributed by atoms with Gasteiger partial charge in [-0.05, 0) is 38.1 Å². The van der Waals surface area contributed by atoms with Crippen LogP contribution in [0.15, 0.2) is 34.9 Å². The third-order valence-corrected chi connectivity index (χ3v) is 3.14. The molecule has 0 fully saturated rings. The fourth-order valence-corrected chi connectivity index (χ4v) is 1.87. The van der Waals surface area contributed by atoms with Crippen molar-refractivity contribution < 1.29 is 14.1 Å². The number of anilines is 3. The van der Waals surface area contributed by atoms with Gasteiger partial charge < -0.3 is 15.2 Å². The van der Waals surface area contributed by atoms with Crippen LogP contribution in [0.1, 0.15) is 26.0 Å². The molecule has 0 aliphatic heterocycles. The van der Waals surface area contributed by atoms with E-state index in [-0.39, 0.29) is 11.8 Å². The van der Waals surface area contributed by atoms with Gasteiger partial charge in [-0.3, -0.25) is 14.9 Å². The van der Waals surface area contributed by atoms with Crippen LogP contribution in [0, 0.1) is 6.92 Å². The van der Waals surface area contributed by atoms with E-state index in [1.807, 2.05) is 0 Å². The van der Waals surface area contributed by atoms with E-state index < -0.39 is 6.04 Å². The second kappa shape index (κ2) is 7.44. The monoisotopic (exact) mass is 316 g/mol. The van der Waals surface area contributed by atoms with Crippen LogP contribution in [0.3, 0.4) is 0 Å². The van der Waals surface area contributed by atoms with Gasteiger partial charge in [0.15, 0.2) is 0 Å². The Hall–Kier alpha value is -2.83.